The van der Waals surface area contributed by atoms with Crippen LogP contribution in [-0.4, -0.2) is 24.4 Å². The second-order valence-corrected chi connectivity index (χ2v) is 5.34. The Kier molecular flexibility index (Phi) is 3.70. The Balaban J connectivity index is 1.99. The van der Waals surface area contributed by atoms with E-state index in [2.05, 4.69) is 47.7 Å². The highest BCUT2D eigenvalue weighted by Crippen LogP contribution is 2.36. The number of carbonyl (C=O) groups is 1. The SMILES string of the molecule is CCNCC(C=O)/C=C1\CCc2c[nH]c3cccc1c23. The molecular weight excluding hydrogens is 248 g/mol. The molecule has 1 unspecified atom stereocenters. The summed E-state index contributed by atoms with van der Waals surface area (Å²) in [6, 6.07) is 6.36. The Morgan fingerprint density at radius 3 is 3.10 bits per heavy atom. The van der Waals surface area contributed by atoms with Crippen molar-refractivity contribution in [3.63, 3.8) is 0 Å². The number of H-pyrrole nitrogens is 1. The zero-order valence-electron chi connectivity index (χ0n) is 11.8. The quantitative estimate of drug-likeness (QED) is 0.819. The summed E-state index contributed by atoms with van der Waals surface area (Å²) in [6.07, 6.45) is 7.36. The molecule has 0 saturated carbocycles. The van der Waals surface area contributed by atoms with Gasteiger partial charge in [-0.05, 0) is 42.2 Å². The first-order valence-electron chi connectivity index (χ1n) is 7.29. The van der Waals surface area contributed by atoms with Gasteiger partial charge < -0.3 is 15.1 Å². The molecule has 0 amide bonds. The minimum Gasteiger partial charge on any atom is -0.361 e. The van der Waals surface area contributed by atoms with Crippen molar-refractivity contribution in [3.8, 4) is 0 Å². The maximum atomic E-state index is 11.2. The van der Waals surface area contributed by atoms with Crippen molar-refractivity contribution in [1.82, 2.24) is 10.3 Å². The highest BCUT2D eigenvalue weighted by atomic mass is 16.1. The molecule has 0 aliphatic heterocycles. The highest BCUT2D eigenvalue weighted by Gasteiger charge is 2.18. The molecule has 3 rings (SSSR count). The molecule has 0 radical (unpaired) electrons. The van der Waals surface area contributed by atoms with Crippen LogP contribution in [-0.2, 0) is 11.2 Å². The Morgan fingerprint density at radius 1 is 1.40 bits per heavy atom. The molecule has 1 atom stereocenters. The Morgan fingerprint density at radius 2 is 2.30 bits per heavy atom. The smallest absolute Gasteiger partial charge is 0.128 e. The molecule has 2 N–H and O–H groups in total. The number of rotatable bonds is 5. The van der Waals surface area contributed by atoms with Crippen LogP contribution in [0.3, 0.4) is 0 Å². The number of aryl methyl sites for hydroxylation is 1. The molecule has 0 saturated heterocycles. The van der Waals surface area contributed by atoms with Crippen molar-refractivity contribution in [1.29, 1.82) is 0 Å². The third-order valence-electron chi connectivity index (χ3n) is 4.02. The topological polar surface area (TPSA) is 44.9 Å². The molecule has 0 bridgehead atoms. The van der Waals surface area contributed by atoms with Gasteiger partial charge in [-0.3, -0.25) is 0 Å². The zero-order chi connectivity index (χ0) is 13.9. The second kappa shape index (κ2) is 5.63. The van der Waals surface area contributed by atoms with Crippen LogP contribution in [0.15, 0.2) is 30.5 Å². The van der Waals surface area contributed by atoms with Crippen LogP contribution >= 0.6 is 0 Å². The summed E-state index contributed by atoms with van der Waals surface area (Å²) in [4.78, 5) is 14.6. The summed E-state index contributed by atoms with van der Waals surface area (Å²) in [7, 11) is 0. The van der Waals surface area contributed by atoms with Crippen molar-refractivity contribution in [2.75, 3.05) is 13.1 Å². The molecule has 3 nitrogen and oxygen atoms in total. The third-order valence-corrected chi connectivity index (χ3v) is 4.02. The lowest BCUT2D eigenvalue weighted by molar-refractivity contribution is -0.109. The van der Waals surface area contributed by atoms with Crippen LogP contribution in [0, 0.1) is 5.92 Å². The van der Waals surface area contributed by atoms with E-state index >= 15 is 0 Å². The van der Waals surface area contributed by atoms with Gasteiger partial charge in [0.1, 0.15) is 6.29 Å². The standard InChI is InChI=1S/C17H20N2O/c1-2-18-9-12(11-20)8-13-6-7-14-10-19-16-5-3-4-15(13)17(14)16/h3-5,8,10-12,18-19H,2,6-7,9H2,1H3/b13-8+. The van der Waals surface area contributed by atoms with Gasteiger partial charge in [-0.1, -0.05) is 25.1 Å². The number of aldehydes is 1. The minimum atomic E-state index is -0.0410. The predicted molar refractivity (Wildman–Crippen MR) is 82.7 cm³/mol. The lowest BCUT2D eigenvalue weighted by Crippen LogP contribution is -2.22. The van der Waals surface area contributed by atoms with Crippen LogP contribution in [0.4, 0.5) is 0 Å². The molecule has 1 aromatic heterocycles. The monoisotopic (exact) mass is 268 g/mol. The van der Waals surface area contributed by atoms with E-state index in [0.29, 0.717) is 0 Å². The van der Waals surface area contributed by atoms with Gasteiger partial charge in [0.25, 0.3) is 0 Å². The lowest BCUT2D eigenvalue weighted by Gasteiger charge is -2.18. The molecule has 104 valence electrons. The average molecular weight is 268 g/mol. The number of aromatic amines is 1. The first-order chi connectivity index (χ1) is 9.83. The van der Waals surface area contributed by atoms with E-state index in [1.54, 1.807) is 0 Å². The maximum Gasteiger partial charge on any atom is 0.128 e. The van der Waals surface area contributed by atoms with E-state index in [9.17, 15) is 4.79 Å². The van der Waals surface area contributed by atoms with Crippen LogP contribution in [0.5, 0.6) is 0 Å². The normalized spacial score (nSPS) is 17.6. The maximum absolute atomic E-state index is 11.2. The molecule has 1 aromatic carbocycles. The van der Waals surface area contributed by atoms with Gasteiger partial charge in [-0.25, -0.2) is 0 Å². The van der Waals surface area contributed by atoms with Crippen LogP contribution in [0.2, 0.25) is 0 Å². The largest absolute Gasteiger partial charge is 0.361 e. The van der Waals surface area contributed by atoms with Crippen molar-refractivity contribution in [3.05, 3.63) is 41.6 Å². The Bertz CT molecular complexity index is 654. The summed E-state index contributed by atoms with van der Waals surface area (Å²) in [5.74, 6) is -0.0410. The number of allylic oxidation sites excluding steroid dienone is 1. The van der Waals surface area contributed by atoms with Gasteiger partial charge in [0.05, 0.1) is 0 Å². The van der Waals surface area contributed by atoms with Crippen molar-refractivity contribution < 1.29 is 4.79 Å². The molecule has 1 aliphatic carbocycles. The van der Waals surface area contributed by atoms with Gasteiger partial charge in [0, 0.05) is 29.6 Å². The fraction of sp³-hybridized carbons (Fsp3) is 0.353. The molecule has 2 aromatic rings. The fourth-order valence-corrected chi connectivity index (χ4v) is 3.01. The van der Waals surface area contributed by atoms with E-state index in [1.165, 1.54) is 27.6 Å². The van der Waals surface area contributed by atoms with Gasteiger partial charge in [-0.2, -0.15) is 0 Å². The van der Waals surface area contributed by atoms with Gasteiger partial charge >= 0.3 is 0 Å². The molecule has 20 heavy (non-hydrogen) atoms. The molecule has 1 aliphatic rings. The summed E-state index contributed by atoms with van der Waals surface area (Å²) in [5, 5.41) is 4.58. The van der Waals surface area contributed by atoms with Gasteiger partial charge in [-0.15, -0.1) is 0 Å². The van der Waals surface area contributed by atoms with E-state index in [4.69, 9.17) is 0 Å². The lowest BCUT2D eigenvalue weighted by atomic mass is 9.87. The van der Waals surface area contributed by atoms with Gasteiger partial charge in [0.15, 0.2) is 0 Å². The molecular formula is C17H20N2O. The third kappa shape index (κ3) is 2.29. The van der Waals surface area contributed by atoms with Crippen molar-refractivity contribution in [2.45, 2.75) is 19.8 Å². The predicted octanol–water partition coefficient (Wildman–Crippen LogP) is 2.92. The molecule has 0 spiro atoms. The zero-order valence-corrected chi connectivity index (χ0v) is 11.8. The summed E-state index contributed by atoms with van der Waals surface area (Å²) in [6.45, 7) is 3.67. The molecule has 1 heterocycles. The van der Waals surface area contributed by atoms with E-state index in [0.717, 1.165) is 32.2 Å². The number of carbonyl (C=O) groups excluding carboxylic acids is 1. The number of aromatic nitrogens is 1. The molecule has 3 heteroatoms. The highest BCUT2D eigenvalue weighted by molar-refractivity contribution is 5.97. The second-order valence-electron chi connectivity index (χ2n) is 5.34. The minimum absolute atomic E-state index is 0.0410. The number of benzene rings is 1. The van der Waals surface area contributed by atoms with Crippen LogP contribution < -0.4 is 5.32 Å². The van der Waals surface area contributed by atoms with Crippen LogP contribution in [0.1, 0.15) is 24.5 Å². The van der Waals surface area contributed by atoms with E-state index in [1.807, 2.05) is 0 Å². The van der Waals surface area contributed by atoms with E-state index in [-0.39, 0.29) is 5.92 Å². The first-order valence-corrected chi connectivity index (χ1v) is 7.29. The number of hydrogen-bond acceptors (Lipinski definition) is 2. The van der Waals surface area contributed by atoms with Crippen molar-refractivity contribution in [2.24, 2.45) is 5.92 Å². The van der Waals surface area contributed by atoms with Gasteiger partial charge in [0.2, 0.25) is 0 Å². The van der Waals surface area contributed by atoms with Crippen LogP contribution in [0.25, 0.3) is 16.5 Å². The number of hydrogen-bond donors (Lipinski definition) is 2. The average Bonchev–Trinajstić information content (AvgIpc) is 2.91. The number of nitrogens with one attached hydrogen (secondary N) is 2. The summed E-state index contributed by atoms with van der Waals surface area (Å²) >= 11 is 0. The fourth-order valence-electron chi connectivity index (χ4n) is 3.01. The van der Waals surface area contributed by atoms with Crippen molar-refractivity contribution >= 4 is 22.8 Å². The summed E-state index contributed by atoms with van der Waals surface area (Å²) < 4.78 is 0. The summed E-state index contributed by atoms with van der Waals surface area (Å²) in [5.41, 5.74) is 5.17. The Hall–Kier alpha value is -1.87. The Labute approximate surface area is 119 Å². The van der Waals surface area contributed by atoms with E-state index < -0.39 is 0 Å². The molecule has 0 fully saturated rings. The first kappa shape index (κ1) is 13.1.